The fraction of sp³-hybridized carbons (Fsp3) is 0.304. The van der Waals surface area contributed by atoms with Crippen molar-refractivity contribution in [1.29, 1.82) is 5.26 Å². The molecule has 0 N–H and O–H groups in total. The average molecular weight is 438 g/mol. The van der Waals surface area contributed by atoms with Gasteiger partial charge >= 0.3 is 0 Å². The second kappa shape index (κ2) is 10.1. The summed E-state index contributed by atoms with van der Waals surface area (Å²) < 4.78 is 7.53. The van der Waals surface area contributed by atoms with Crippen molar-refractivity contribution < 1.29 is 9.53 Å². The van der Waals surface area contributed by atoms with Gasteiger partial charge in [-0.1, -0.05) is 23.7 Å². The van der Waals surface area contributed by atoms with Crippen LogP contribution >= 0.6 is 11.6 Å². The molecule has 3 aromatic rings. The van der Waals surface area contributed by atoms with E-state index in [9.17, 15) is 10.1 Å². The van der Waals surface area contributed by atoms with E-state index in [0.29, 0.717) is 36.8 Å². The highest BCUT2D eigenvalue weighted by molar-refractivity contribution is 6.30. The van der Waals surface area contributed by atoms with Crippen molar-refractivity contribution in [1.82, 2.24) is 14.8 Å². The molecule has 160 valence electrons. The molecular weight excluding hydrogens is 414 g/mol. The largest absolute Gasteiger partial charge is 0.494 e. The number of hydrogen-bond acceptors (Lipinski definition) is 5. The summed E-state index contributed by atoms with van der Waals surface area (Å²) >= 11 is 6.04. The zero-order valence-corrected chi connectivity index (χ0v) is 18.3. The van der Waals surface area contributed by atoms with E-state index in [1.807, 2.05) is 36.4 Å². The van der Waals surface area contributed by atoms with Gasteiger partial charge in [0.2, 0.25) is 5.91 Å². The summed E-state index contributed by atoms with van der Waals surface area (Å²) in [5, 5.41) is 14.9. The van der Waals surface area contributed by atoms with Crippen LogP contribution in [0.1, 0.15) is 25.3 Å². The first-order valence-corrected chi connectivity index (χ1v) is 10.3. The third-order valence-electron chi connectivity index (χ3n) is 5.22. The Labute approximate surface area is 186 Å². The minimum atomic E-state index is -0.782. The Hall–Kier alpha value is -3.37. The van der Waals surface area contributed by atoms with Gasteiger partial charge in [0.05, 0.1) is 19.2 Å². The van der Waals surface area contributed by atoms with Gasteiger partial charge in [-0.15, -0.1) is 0 Å². The van der Waals surface area contributed by atoms with E-state index in [0.717, 1.165) is 11.3 Å². The monoisotopic (exact) mass is 437 g/mol. The van der Waals surface area contributed by atoms with Crippen LogP contribution in [0.4, 0.5) is 5.69 Å². The predicted molar refractivity (Wildman–Crippen MR) is 119 cm³/mol. The number of carbonyl (C=O) groups excluding carboxylic acids is 1. The number of nitrogens with zero attached hydrogens (tertiary/aromatic N) is 5. The number of ether oxygens (including phenoxy) is 1. The number of anilines is 1. The number of hydrogen-bond donors (Lipinski definition) is 0. The number of rotatable bonds is 9. The van der Waals surface area contributed by atoms with Crippen molar-refractivity contribution in [3.63, 3.8) is 0 Å². The summed E-state index contributed by atoms with van der Waals surface area (Å²) in [6, 6.07) is 17.2. The molecule has 0 aliphatic heterocycles. The molecule has 3 rings (SSSR count). The lowest BCUT2D eigenvalue weighted by Crippen LogP contribution is -2.31. The minimum absolute atomic E-state index is 0.0314. The highest BCUT2D eigenvalue weighted by atomic mass is 35.5. The van der Waals surface area contributed by atoms with Crippen molar-refractivity contribution >= 4 is 23.2 Å². The molecule has 7 nitrogen and oxygen atoms in total. The number of benzene rings is 2. The van der Waals surface area contributed by atoms with E-state index < -0.39 is 5.41 Å². The lowest BCUT2D eigenvalue weighted by atomic mass is 9.78. The van der Waals surface area contributed by atoms with Crippen LogP contribution in [0.15, 0.2) is 61.2 Å². The maximum absolute atomic E-state index is 11.5. The van der Waals surface area contributed by atoms with Gasteiger partial charge in [-0.25, -0.2) is 4.98 Å². The molecule has 0 radical (unpaired) electrons. The quantitative estimate of drug-likeness (QED) is 0.467. The van der Waals surface area contributed by atoms with Crippen LogP contribution in [-0.4, -0.2) is 34.3 Å². The molecule has 0 aliphatic carbocycles. The van der Waals surface area contributed by atoms with Crippen LogP contribution in [0.3, 0.4) is 0 Å². The first-order valence-electron chi connectivity index (χ1n) is 9.90. The molecule has 1 aromatic heterocycles. The molecule has 2 aromatic carbocycles. The van der Waals surface area contributed by atoms with Crippen LogP contribution in [0, 0.1) is 11.3 Å². The Kier molecular flexibility index (Phi) is 7.27. The van der Waals surface area contributed by atoms with Crippen LogP contribution in [0.25, 0.3) is 0 Å². The summed E-state index contributed by atoms with van der Waals surface area (Å²) in [5.74, 6) is 0.683. The molecule has 0 fully saturated rings. The highest BCUT2D eigenvalue weighted by Crippen LogP contribution is 2.32. The summed E-state index contributed by atoms with van der Waals surface area (Å²) in [6.07, 6.45) is 4.31. The highest BCUT2D eigenvalue weighted by Gasteiger charge is 2.33. The van der Waals surface area contributed by atoms with Crippen LogP contribution in [0.5, 0.6) is 5.75 Å². The van der Waals surface area contributed by atoms with E-state index in [-0.39, 0.29) is 5.91 Å². The smallest absolute Gasteiger partial charge is 0.223 e. The van der Waals surface area contributed by atoms with Gasteiger partial charge in [0, 0.05) is 24.7 Å². The Balaban J connectivity index is 1.66. The van der Waals surface area contributed by atoms with Gasteiger partial charge in [0.25, 0.3) is 0 Å². The van der Waals surface area contributed by atoms with Crippen molar-refractivity contribution in [2.75, 3.05) is 18.6 Å². The Morgan fingerprint density at radius 2 is 1.94 bits per heavy atom. The third kappa shape index (κ3) is 5.62. The molecular formula is C23H24ClN5O2. The number of nitriles is 1. The fourth-order valence-corrected chi connectivity index (χ4v) is 3.47. The van der Waals surface area contributed by atoms with E-state index in [1.165, 1.54) is 13.3 Å². The lowest BCUT2D eigenvalue weighted by Gasteiger charge is -2.27. The van der Waals surface area contributed by atoms with E-state index in [2.05, 4.69) is 16.2 Å². The average Bonchev–Trinajstić information content (AvgIpc) is 3.29. The number of aromatic nitrogens is 3. The molecule has 1 unspecified atom stereocenters. The first-order chi connectivity index (χ1) is 14.9. The van der Waals surface area contributed by atoms with Crippen LogP contribution in [0.2, 0.25) is 5.02 Å². The molecule has 0 spiro atoms. The Bertz CT molecular complexity index is 1030. The van der Waals surface area contributed by atoms with Crippen molar-refractivity contribution in [3.05, 3.63) is 71.8 Å². The van der Waals surface area contributed by atoms with Gasteiger partial charge in [0.1, 0.15) is 23.8 Å². The molecule has 1 atom stereocenters. The van der Waals surface area contributed by atoms with E-state index in [4.69, 9.17) is 16.3 Å². The molecule has 0 bridgehead atoms. The summed E-state index contributed by atoms with van der Waals surface area (Å²) in [6.45, 7) is 2.36. The SMILES string of the molecule is CC(=O)N(C)c1ccc(OCCCC(C#N)(Cn2cncn2)c2ccc(Cl)cc2)cc1. The van der Waals surface area contributed by atoms with Gasteiger partial charge < -0.3 is 9.64 Å². The predicted octanol–water partition coefficient (Wildman–Crippen LogP) is 4.23. The first kappa shape index (κ1) is 22.3. The Morgan fingerprint density at radius 1 is 1.23 bits per heavy atom. The number of carbonyl (C=O) groups is 1. The molecule has 0 aliphatic rings. The zero-order chi connectivity index (χ0) is 22.3. The van der Waals surface area contributed by atoms with E-state index >= 15 is 0 Å². The maximum Gasteiger partial charge on any atom is 0.223 e. The van der Waals surface area contributed by atoms with Crippen molar-refractivity contribution in [3.8, 4) is 11.8 Å². The minimum Gasteiger partial charge on any atom is -0.494 e. The van der Waals surface area contributed by atoms with E-state index in [1.54, 1.807) is 35.1 Å². The Morgan fingerprint density at radius 3 is 2.52 bits per heavy atom. The topological polar surface area (TPSA) is 84.0 Å². The summed E-state index contributed by atoms with van der Waals surface area (Å²) in [4.78, 5) is 17.0. The third-order valence-corrected chi connectivity index (χ3v) is 5.47. The van der Waals surface area contributed by atoms with Gasteiger partial charge in [-0.05, 0) is 54.8 Å². The number of amides is 1. The van der Waals surface area contributed by atoms with Crippen LogP contribution < -0.4 is 9.64 Å². The van der Waals surface area contributed by atoms with Crippen molar-refractivity contribution in [2.24, 2.45) is 0 Å². The van der Waals surface area contributed by atoms with Gasteiger partial charge in [-0.3, -0.25) is 9.48 Å². The van der Waals surface area contributed by atoms with Crippen LogP contribution in [-0.2, 0) is 16.8 Å². The standard InChI is InChI=1S/C23H24ClN5O2/c1-18(30)28(2)21-8-10-22(11-9-21)31-13-3-12-23(14-25,15-29-17-26-16-27-29)19-4-6-20(24)7-5-19/h4-11,16-17H,3,12-13,15H2,1-2H3. The van der Waals surface area contributed by atoms with Gasteiger partial charge in [-0.2, -0.15) is 10.4 Å². The normalized spacial score (nSPS) is 12.6. The second-order valence-electron chi connectivity index (χ2n) is 7.32. The fourth-order valence-electron chi connectivity index (χ4n) is 3.34. The molecule has 0 saturated carbocycles. The second-order valence-corrected chi connectivity index (χ2v) is 7.75. The zero-order valence-electron chi connectivity index (χ0n) is 17.5. The number of halogens is 1. The molecule has 1 amide bonds. The molecule has 0 saturated heterocycles. The molecule has 8 heteroatoms. The summed E-state index contributed by atoms with van der Waals surface area (Å²) in [5.41, 5.74) is 0.904. The van der Waals surface area contributed by atoms with Crippen molar-refractivity contribution in [2.45, 2.75) is 31.7 Å². The maximum atomic E-state index is 11.5. The van der Waals surface area contributed by atoms with Gasteiger partial charge in [0.15, 0.2) is 0 Å². The molecule has 1 heterocycles. The lowest BCUT2D eigenvalue weighted by molar-refractivity contribution is -0.116. The molecule has 31 heavy (non-hydrogen) atoms. The summed E-state index contributed by atoms with van der Waals surface area (Å²) in [7, 11) is 1.73.